The molecule has 3 aromatic rings. The van der Waals surface area contributed by atoms with E-state index in [1.54, 1.807) is 12.1 Å². The summed E-state index contributed by atoms with van der Waals surface area (Å²) >= 11 is 0. The number of hydrogen-bond donors (Lipinski definition) is 1. The molecule has 0 amide bonds. The Bertz CT molecular complexity index is 871. The van der Waals surface area contributed by atoms with Crippen LogP contribution >= 0.6 is 0 Å². The summed E-state index contributed by atoms with van der Waals surface area (Å²) in [6.45, 7) is 1.02. The number of nitrogens with one attached hydrogen (secondary N) is 1. The Morgan fingerprint density at radius 1 is 0.880 bits per heavy atom. The van der Waals surface area contributed by atoms with Crippen molar-refractivity contribution in [3.63, 3.8) is 0 Å². The first kappa shape index (κ1) is 16.5. The van der Waals surface area contributed by atoms with E-state index >= 15 is 0 Å². The fourth-order valence-electron chi connectivity index (χ4n) is 2.43. The Labute approximate surface area is 146 Å². The van der Waals surface area contributed by atoms with E-state index in [1.165, 1.54) is 6.07 Å². The molecule has 4 heteroatoms. The van der Waals surface area contributed by atoms with Crippen molar-refractivity contribution >= 4 is 5.69 Å². The van der Waals surface area contributed by atoms with Crippen molar-refractivity contribution in [2.24, 2.45) is 0 Å². The predicted octanol–water partition coefficient (Wildman–Crippen LogP) is 4.89. The summed E-state index contributed by atoms with van der Waals surface area (Å²) < 4.78 is 19.3. The average molecular weight is 332 g/mol. The van der Waals surface area contributed by atoms with Crippen molar-refractivity contribution in [2.45, 2.75) is 13.2 Å². The van der Waals surface area contributed by atoms with Gasteiger partial charge < -0.3 is 10.1 Å². The highest BCUT2D eigenvalue weighted by Gasteiger charge is 2.07. The molecule has 3 nitrogen and oxygen atoms in total. The average Bonchev–Trinajstić information content (AvgIpc) is 2.66. The van der Waals surface area contributed by atoms with Crippen LogP contribution in [0.4, 0.5) is 10.1 Å². The number of ether oxygens (including phenoxy) is 1. The van der Waals surface area contributed by atoms with Gasteiger partial charge >= 0.3 is 0 Å². The van der Waals surface area contributed by atoms with Crippen molar-refractivity contribution in [3.8, 4) is 11.8 Å². The minimum Gasteiger partial charge on any atom is -0.489 e. The molecule has 0 bridgehead atoms. The standard InChI is InChI=1S/C21H17FN2O/c22-20-7-4-8-21(19(20)13-23)24-14-16-9-11-18(12-10-16)25-15-17-5-2-1-3-6-17/h1-12,24H,14-15H2. The molecule has 0 spiro atoms. The molecule has 25 heavy (non-hydrogen) atoms. The van der Waals surface area contributed by atoms with Gasteiger partial charge in [0.2, 0.25) is 0 Å². The molecule has 0 unspecified atom stereocenters. The molecule has 0 saturated carbocycles. The molecule has 0 aromatic heterocycles. The second-order valence-corrected chi connectivity index (χ2v) is 5.55. The van der Waals surface area contributed by atoms with Gasteiger partial charge in [0, 0.05) is 6.54 Å². The number of nitriles is 1. The molecule has 0 aliphatic heterocycles. The lowest BCUT2D eigenvalue weighted by molar-refractivity contribution is 0.306. The molecule has 0 atom stereocenters. The van der Waals surface area contributed by atoms with Gasteiger partial charge in [0.15, 0.2) is 0 Å². The Kier molecular flexibility index (Phi) is 5.28. The van der Waals surface area contributed by atoms with Crippen molar-refractivity contribution in [2.75, 3.05) is 5.32 Å². The summed E-state index contributed by atoms with van der Waals surface area (Å²) in [6, 6.07) is 24.1. The quantitative estimate of drug-likeness (QED) is 0.699. The summed E-state index contributed by atoms with van der Waals surface area (Å²) in [5, 5.41) is 12.1. The van der Waals surface area contributed by atoms with E-state index in [1.807, 2.05) is 60.7 Å². The molecule has 0 radical (unpaired) electrons. The first-order valence-corrected chi connectivity index (χ1v) is 7.94. The van der Waals surface area contributed by atoms with E-state index in [4.69, 9.17) is 10.00 Å². The zero-order valence-electron chi connectivity index (χ0n) is 13.6. The van der Waals surface area contributed by atoms with Crippen LogP contribution in [-0.2, 0) is 13.2 Å². The van der Waals surface area contributed by atoms with Crippen molar-refractivity contribution < 1.29 is 9.13 Å². The molecular weight excluding hydrogens is 315 g/mol. The van der Waals surface area contributed by atoms with Crippen LogP contribution in [0.5, 0.6) is 5.75 Å². The van der Waals surface area contributed by atoms with E-state index in [0.29, 0.717) is 18.8 Å². The van der Waals surface area contributed by atoms with Crippen LogP contribution in [-0.4, -0.2) is 0 Å². The van der Waals surface area contributed by atoms with Gasteiger partial charge in [-0.15, -0.1) is 0 Å². The van der Waals surface area contributed by atoms with Crippen LogP contribution in [0.2, 0.25) is 0 Å². The molecule has 0 saturated heterocycles. The highest BCUT2D eigenvalue weighted by molar-refractivity contribution is 5.58. The Morgan fingerprint density at radius 2 is 1.64 bits per heavy atom. The van der Waals surface area contributed by atoms with Crippen LogP contribution in [0, 0.1) is 17.1 Å². The van der Waals surface area contributed by atoms with Gasteiger partial charge in [0.1, 0.15) is 29.8 Å². The van der Waals surface area contributed by atoms with Gasteiger partial charge in [-0.05, 0) is 35.4 Å². The molecule has 0 fully saturated rings. The third-order valence-corrected chi connectivity index (χ3v) is 3.78. The normalized spacial score (nSPS) is 10.1. The number of hydrogen-bond acceptors (Lipinski definition) is 3. The van der Waals surface area contributed by atoms with E-state index in [-0.39, 0.29) is 5.56 Å². The van der Waals surface area contributed by atoms with Crippen molar-refractivity contribution in [1.29, 1.82) is 5.26 Å². The second-order valence-electron chi connectivity index (χ2n) is 5.55. The van der Waals surface area contributed by atoms with Crippen molar-refractivity contribution in [1.82, 2.24) is 0 Å². The van der Waals surface area contributed by atoms with Gasteiger partial charge in [0.05, 0.1) is 5.69 Å². The summed E-state index contributed by atoms with van der Waals surface area (Å²) in [7, 11) is 0. The van der Waals surface area contributed by atoms with E-state index in [0.717, 1.165) is 16.9 Å². The van der Waals surface area contributed by atoms with E-state index < -0.39 is 5.82 Å². The topological polar surface area (TPSA) is 45.0 Å². The van der Waals surface area contributed by atoms with Gasteiger partial charge in [-0.1, -0.05) is 48.5 Å². The molecule has 1 N–H and O–H groups in total. The van der Waals surface area contributed by atoms with Crippen molar-refractivity contribution in [3.05, 3.63) is 95.3 Å². The number of benzene rings is 3. The zero-order valence-corrected chi connectivity index (χ0v) is 13.6. The van der Waals surface area contributed by atoms with Gasteiger partial charge in [-0.2, -0.15) is 5.26 Å². The number of anilines is 1. The SMILES string of the molecule is N#Cc1c(F)cccc1NCc1ccc(OCc2ccccc2)cc1. The smallest absolute Gasteiger partial charge is 0.143 e. The fraction of sp³-hybridized carbons (Fsp3) is 0.0952. The Hall–Kier alpha value is -3.32. The lowest BCUT2D eigenvalue weighted by atomic mass is 10.1. The van der Waals surface area contributed by atoms with Crippen LogP contribution < -0.4 is 10.1 Å². The molecular formula is C21H17FN2O. The van der Waals surface area contributed by atoms with Gasteiger partial charge in [-0.3, -0.25) is 0 Å². The summed E-state index contributed by atoms with van der Waals surface area (Å²) in [5.74, 6) is 0.272. The van der Waals surface area contributed by atoms with Crippen LogP contribution in [0.1, 0.15) is 16.7 Å². The van der Waals surface area contributed by atoms with Gasteiger partial charge in [-0.25, -0.2) is 4.39 Å². The lowest BCUT2D eigenvalue weighted by Gasteiger charge is -2.10. The summed E-state index contributed by atoms with van der Waals surface area (Å²) in [4.78, 5) is 0. The monoisotopic (exact) mass is 332 g/mol. The summed E-state index contributed by atoms with van der Waals surface area (Å²) in [6.07, 6.45) is 0. The number of nitrogens with zero attached hydrogens (tertiary/aromatic N) is 1. The predicted molar refractivity (Wildman–Crippen MR) is 95.7 cm³/mol. The molecule has 124 valence electrons. The third kappa shape index (κ3) is 4.36. The van der Waals surface area contributed by atoms with E-state index in [9.17, 15) is 4.39 Å². The first-order chi connectivity index (χ1) is 12.3. The fourth-order valence-corrected chi connectivity index (χ4v) is 2.43. The molecule has 0 aliphatic carbocycles. The molecule has 0 heterocycles. The summed E-state index contributed by atoms with van der Waals surface area (Å²) in [5.41, 5.74) is 2.65. The third-order valence-electron chi connectivity index (χ3n) is 3.78. The number of halogens is 1. The van der Waals surface area contributed by atoms with E-state index in [2.05, 4.69) is 5.32 Å². The van der Waals surface area contributed by atoms with Crippen LogP contribution in [0.15, 0.2) is 72.8 Å². The van der Waals surface area contributed by atoms with Crippen LogP contribution in [0.25, 0.3) is 0 Å². The lowest BCUT2D eigenvalue weighted by Crippen LogP contribution is -2.02. The maximum absolute atomic E-state index is 13.6. The maximum Gasteiger partial charge on any atom is 0.143 e. The first-order valence-electron chi connectivity index (χ1n) is 7.94. The number of rotatable bonds is 6. The second kappa shape index (κ2) is 7.98. The van der Waals surface area contributed by atoms with Gasteiger partial charge in [0.25, 0.3) is 0 Å². The largest absolute Gasteiger partial charge is 0.489 e. The van der Waals surface area contributed by atoms with Crippen LogP contribution in [0.3, 0.4) is 0 Å². The minimum atomic E-state index is -0.517. The zero-order chi connectivity index (χ0) is 17.5. The Balaban J connectivity index is 1.58. The molecule has 0 aliphatic rings. The molecule has 3 aromatic carbocycles. The minimum absolute atomic E-state index is 0.0327. The Morgan fingerprint density at radius 3 is 2.36 bits per heavy atom. The highest BCUT2D eigenvalue weighted by Crippen LogP contribution is 2.20. The highest BCUT2D eigenvalue weighted by atomic mass is 19.1. The maximum atomic E-state index is 13.6. The molecule has 3 rings (SSSR count).